The summed E-state index contributed by atoms with van der Waals surface area (Å²) in [6.45, 7) is 8.67. The van der Waals surface area contributed by atoms with Gasteiger partial charge in [0.15, 0.2) is 0 Å². The van der Waals surface area contributed by atoms with Crippen LogP contribution in [0.5, 0.6) is 0 Å². The predicted octanol–water partition coefficient (Wildman–Crippen LogP) is 2.11. The standard InChI is InChI=1S/C18H30N2O2/c1-13(17(22)20-12-18(2,3)4)10-16(21)15(19)11-14-8-6-5-7-9-14/h5-9,13,15-16,21H,10-12,19H2,1-4H3,(H,20,22)/t13-,15+,16+/m1/s1. The minimum Gasteiger partial charge on any atom is -0.391 e. The van der Waals surface area contributed by atoms with Crippen LogP contribution in [0.4, 0.5) is 0 Å². The normalized spacial score (nSPS) is 15.9. The van der Waals surface area contributed by atoms with Gasteiger partial charge in [0.2, 0.25) is 5.91 Å². The average Bonchev–Trinajstić information content (AvgIpc) is 2.44. The van der Waals surface area contributed by atoms with E-state index in [1.165, 1.54) is 0 Å². The van der Waals surface area contributed by atoms with Gasteiger partial charge in [-0.3, -0.25) is 4.79 Å². The maximum Gasteiger partial charge on any atom is 0.222 e. The second-order valence-electron chi connectivity index (χ2n) is 7.34. The fraction of sp³-hybridized carbons (Fsp3) is 0.611. The molecule has 0 aromatic heterocycles. The Morgan fingerprint density at radius 2 is 1.86 bits per heavy atom. The number of hydrogen-bond donors (Lipinski definition) is 3. The number of carbonyl (C=O) groups is 1. The summed E-state index contributed by atoms with van der Waals surface area (Å²) in [4.78, 5) is 12.0. The van der Waals surface area contributed by atoms with E-state index in [9.17, 15) is 9.90 Å². The number of aliphatic hydroxyl groups is 1. The Morgan fingerprint density at radius 1 is 1.27 bits per heavy atom. The molecule has 1 amide bonds. The molecule has 0 unspecified atom stereocenters. The van der Waals surface area contributed by atoms with Crippen LogP contribution in [0.3, 0.4) is 0 Å². The number of hydrogen-bond acceptors (Lipinski definition) is 3. The monoisotopic (exact) mass is 306 g/mol. The molecule has 0 heterocycles. The van der Waals surface area contributed by atoms with E-state index in [0.717, 1.165) is 5.56 Å². The van der Waals surface area contributed by atoms with Crippen LogP contribution >= 0.6 is 0 Å². The summed E-state index contributed by atoms with van der Waals surface area (Å²) in [6.07, 6.45) is 0.304. The number of rotatable bonds is 7. The van der Waals surface area contributed by atoms with E-state index in [2.05, 4.69) is 26.1 Å². The molecule has 4 heteroatoms. The maximum atomic E-state index is 12.0. The van der Waals surface area contributed by atoms with E-state index in [4.69, 9.17) is 5.73 Å². The van der Waals surface area contributed by atoms with Crippen molar-refractivity contribution in [3.63, 3.8) is 0 Å². The van der Waals surface area contributed by atoms with Crippen molar-refractivity contribution in [2.24, 2.45) is 17.1 Å². The van der Waals surface area contributed by atoms with Gasteiger partial charge in [-0.25, -0.2) is 0 Å². The van der Waals surface area contributed by atoms with E-state index in [0.29, 0.717) is 19.4 Å². The van der Waals surface area contributed by atoms with Crippen molar-refractivity contribution < 1.29 is 9.90 Å². The van der Waals surface area contributed by atoms with Crippen molar-refractivity contribution >= 4 is 5.91 Å². The van der Waals surface area contributed by atoms with Gasteiger partial charge in [0.25, 0.3) is 0 Å². The van der Waals surface area contributed by atoms with Crippen molar-refractivity contribution in [1.82, 2.24) is 5.32 Å². The third-order valence-electron chi connectivity index (χ3n) is 3.64. The molecule has 4 N–H and O–H groups in total. The van der Waals surface area contributed by atoms with Crippen molar-refractivity contribution in [3.05, 3.63) is 35.9 Å². The molecule has 1 aromatic rings. The van der Waals surface area contributed by atoms with Gasteiger partial charge in [0.1, 0.15) is 0 Å². The first-order valence-electron chi connectivity index (χ1n) is 7.94. The molecule has 124 valence electrons. The van der Waals surface area contributed by atoms with Crippen LogP contribution in [-0.4, -0.2) is 29.7 Å². The van der Waals surface area contributed by atoms with E-state index in [1.54, 1.807) is 0 Å². The zero-order valence-corrected chi connectivity index (χ0v) is 14.2. The van der Waals surface area contributed by atoms with Crippen molar-refractivity contribution in [2.75, 3.05) is 6.54 Å². The Bertz CT molecular complexity index is 454. The van der Waals surface area contributed by atoms with E-state index >= 15 is 0 Å². The minimum absolute atomic E-state index is 0.0270. The zero-order valence-electron chi connectivity index (χ0n) is 14.2. The highest BCUT2D eigenvalue weighted by molar-refractivity contribution is 5.78. The number of amides is 1. The van der Waals surface area contributed by atoms with Gasteiger partial charge in [-0.1, -0.05) is 58.0 Å². The maximum absolute atomic E-state index is 12.0. The van der Waals surface area contributed by atoms with Gasteiger partial charge < -0.3 is 16.2 Å². The highest BCUT2D eigenvalue weighted by Gasteiger charge is 2.23. The summed E-state index contributed by atoms with van der Waals surface area (Å²) in [6, 6.07) is 9.49. The molecule has 0 saturated heterocycles. The third kappa shape index (κ3) is 7.05. The number of carbonyl (C=O) groups excluding carboxylic acids is 1. The van der Waals surface area contributed by atoms with Crippen molar-refractivity contribution in [3.8, 4) is 0 Å². The van der Waals surface area contributed by atoms with Crippen LogP contribution < -0.4 is 11.1 Å². The highest BCUT2D eigenvalue weighted by atomic mass is 16.3. The lowest BCUT2D eigenvalue weighted by molar-refractivity contribution is -0.125. The summed E-state index contributed by atoms with van der Waals surface area (Å²) >= 11 is 0. The van der Waals surface area contributed by atoms with E-state index < -0.39 is 6.10 Å². The number of nitrogens with one attached hydrogen (secondary N) is 1. The largest absolute Gasteiger partial charge is 0.391 e. The Labute approximate surface area is 134 Å². The Morgan fingerprint density at radius 3 is 2.41 bits per heavy atom. The SMILES string of the molecule is C[C@H](C[C@H](O)[C@@H](N)Cc1ccccc1)C(=O)NCC(C)(C)C. The molecule has 1 aromatic carbocycles. The molecule has 22 heavy (non-hydrogen) atoms. The fourth-order valence-corrected chi connectivity index (χ4v) is 2.19. The second-order valence-corrected chi connectivity index (χ2v) is 7.34. The summed E-state index contributed by atoms with van der Waals surface area (Å²) in [7, 11) is 0. The first-order chi connectivity index (χ1) is 10.2. The molecular weight excluding hydrogens is 276 g/mol. The lowest BCUT2D eigenvalue weighted by Gasteiger charge is -2.24. The summed E-state index contributed by atoms with van der Waals surface area (Å²) in [5, 5.41) is 13.1. The van der Waals surface area contributed by atoms with Gasteiger partial charge in [0.05, 0.1) is 6.10 Å². The van der Waals surface area contributed by atoms with Gasteiger partial charge in [-0.2, -0.15) is 0 Å². The molecule has 0 bridgehead atoms. The molecule has 0 radical (unpaired) electrons. The second kappa shape index (κ2) is 8.30. The zero-order chi connectivity index (χ0) is 16.8. The molecule has 0 spiro atoms. The lowest BCUT2D eigenvalue weighted by atomic mass is 9.93. The Hall–Kier alpha value is -1.39. The molecule has 0 fully saturated rings. The molecule has 0 aliphatic carbocycles. The van der Waals surface area contributed by atoms with Crippen LogP contribution in [0.2, 0.25) is 0 Å². The summed E-state index contributed by atoms with van der Waals surface area (Å²) in [5.74, 6) is -0.278. The summed E-state index contributed by atoms with van der Waals surface area (Å²) < 4.78 is 0. The molecule has 3 atom stereocenters. The molecule has 4 nitrogen and oxygen atoms in total. The first-order valence-corrected chi connectivity index (χ1v) is 7.94. The molecule has 1 rings (SSSR count). The van der Waals surface area contributed by atoms with E-state index in [-0.39, 0.29) is 23.3 Å². The molecular formula is C18H30N2O2. The van der Waals surface area contributed by atoms with E-state index in [1.807, 2.05) is 37.3 Å². The van der Waals surface area contributed by atoms with Gasteiger partial charge in [-0.05, 0) is 23.8 Å². The topological polar surface area (TPSA) is 75.3 Å². The molecule has 0 aliphatic heterocycles. The lowest BCUT2D eigenvalue weighted by Crippen LogP contribution is -2.41. The Kier molecular flexibility index (Phi) is 7.04. The Balaban J connectivity index is 2.42. The third-order valence-corrected chi connectivity index (χ3v) is 3.64. The quantitative estimate of drug-likeness (QED) is 0.722. The van der Waals surface area contributed by atoms with Gasteiger partial charge in [-0.15, -0.1) is 0 Å². The highest BCUT2D eigenvalue weighted by Crippen LogP contribution is 2.14. The summed E-state index contributed by atoms with van der Waals surface area (Å²) in [5.41, 5.74) is 7.21. The van der Waals surface area contributed by atoms with Crippen LogP contribution in [0.1, 0.15) is 39.7 Å². The van der Waals surface area contributed by atoms with Crippen LogP contribution in [0.25, 0.3) is 0 Å². The van der Waals surface area contributed by atoms with Crippen LogP contribution in [-0.2, 0) is 11.2 Å². The number of benzene rings is 1. The van der Waals surface area contributed by atoms with Crippen LogP contribution in [0, 0.1) is 11.3 Å². The smallest absolute Gasteiger partial charge is 0.222 e. The van der Waals surface area contributed by atoms with Crippen molar-refractivity contribution in [1.29, 1.82) is 0 Å². The average molecular weight is 306 g/mol. The van der Waals surface area contributed by atoms with Gasteiger partial charge >= 0.3 is 0 Å². The predicted molar refractivity (Wildman–Crippen MR) is 90.4 cm³/mol. The fourth-order valence-electron chi connectivity index (χ4n) is 2.19. The van der Waals surface area contributed by atoms with Crippen molar-refractivity contribution in [2.45, 2.75) is 52.7 Å². The minimum atomic E-state index is -0.685. The first kappa shape index (κ1) is 18.7. The number of nitrogens with two attached hydrogens (primary N) is 1. The molecule has 0 saturated carbocycles. The molecule has 0 aliphatic rings. The number of aliphatic hydroxyl groups excluding tert-OH is 1. The van der Waals surface area contributed by atoms with Gasteiger partial charge in [0, 0.05) is 18.5 Å². The van der Waals surface area contributed by atoms with Crippen LogP contribution in [0.15, 0.2) is 30.3 Å².